The summed E-state index contributed by atoms with van der Waals surface area (Å²) in [5.41, 5.74) is -0.0688. The van der Waals surface area contributed by atoms with Gasteiger partial charge in [0.15, 0.2) is 17.1 Å². The summed E-state index contributed by atoms with van der Waals surface area (Å²) in [6.07, 6.45) is 3.83. The van der Waals surface area contributed by atoms with Crippen LogP contribution in [0.5, 0.6) is 5.75 Å². The van der Waals surface area contributed by atoms with Gasteiger partial charge in [0.1, 0.15) is 18.1 Å². The van der Waals surface area contributed by atoms with E-state index < -0.39 is 11.0 Å². The molecule has 3 rings (SSSR count). The van der Waals surface area contributed by atoms with Crippen LogP contribution in [-0.4, -0.2) is 29.5 Å². The van der Waals surface area contributed by atoms with Crippen LogP contribution in [0.3, 0.4) is 0 Å². The molecule has 12 heteroatoms. The van der Waals surface area contributed by atoms with Gasteiger partial charge in [-0.1, -0.05) is 41.0 Å². The zero-order chi connectivity index (χ0) is 21.0. The van der Waals surface area contributed by atoms with Crippen LogP contribution in [0.1, 0.15) is 18.9 Å². The number of allylic oxidation sites excluding steroid dienone is 1. The van der Waals surface area contributed by atoms with Crippen LogP contribution < -0.4 is 4.74 Å². The first kappa shape index (κ1) is 21.2. The fraction of sp³-hybridized carbons (Fsp3) is 0.235. The van der Waals surface area contributed by atoms with E-state index in [1.807, 2.05) is 11.5 Å². The Balaban J connectivity index is 1.76. The Labute approximate surface area is 180 Å². The van der Waals surface area contributed by atoms with Gasteiger partial charge in [0.2, 0.25) is 0 Å². The fourth-order valence-corrected chi connectivity index (χ4v) is 3.73. The molecule has 0 N–H and O–H groups in total. The van der Waals surface area contributed by atoms with Crippen molar-refractivity contribution < 1.29 is 9.66 Å². The van der Waals surface area contributed by atoms with Gasteiger partial charge in [-0.05, 0) is 25.1 Å². The second kappa shape index (κ2) is 9.29. The molecule has 1 atom stereocenters. The summed E-state index contributed by atoms with van der Waals surface area (Å²) in [5.74, 6) is 1.40. The van der Waals surface area contributed by atoms with Crippen molar-refractivity contribution in [3.8, 4) is 5.75 Å². The number of halogens is 2. The van der Waals surface area contributed by atoms with E-state index in [2.05, 4.69) is 21.9 Å². The zero-order valence-electron chi connectivity index (χ0n) is 15.2. The van der Waals surface area contributed by atoms with Crippen LogP contribution in [0.2, 0.25) is 10.0 Å². The van der Waals surface area contributed by atoms with Crippen molar-refractivity contribution in [1.82, 2.24) is 24.5 Å². The minimum Gasteiger partial charge on any atom is -0.481 e. The van der Waals surface area contributed by atoms with Gasteiger partial charge in [0.25, 0.3) is 0 Å². The third-order valence-corrected chi connectivity index (χ3v) is 5.26. The standard InChI is InChI=1S/C17H16Cl2N6O3S/c1-3-6-24-16(11(2)28-15-5-4-12(18)7-14(15)19)21-22-17(24)29-10-23-9-13(8-20-23)25(26)27/h3-5,7-9,11H,1,6,10H2,2H3. The number of aromatic nitrogens is 5. The van der Waals surface area contributed by atoms with Crippen LogP contribution in [0.4, 0.5) is 5.69 Å². The van der Waals surface area contributed by atoms with Gasteiger partial charge in [0, 0.05) is 11.6 Å². The van der Waals surface area contributed by atoms with Crippen LogP contribution in [0.25, 0.3) is 0 Å². The number of nitro groups is 1. The Hall–Kier alpha value is -2.56. The van der Waals surface area contributed by atoms with E-state index in [0.717, 1.165) is 0 Å². The van der Waals surface area contributed by atoms with Gasteiger partial charge in [-0.25, -0.2) is 0 Å². The Kier molecular flexibility index (Phi) is 6.78. The molecule has 1 unspecified atom stereocenters. The van der Waals surface area contributed by atoms with Crippen molar-refractivity contribution in [1.29, 1.82) is 0 Å². The third kappa shape index (κ3) is 5.08. The number of ether oxygens (including phenoxy) is 1. The lowest BCUT2D eigenvalue weighted by Gasteiger charge is -2.16. The second-order valence-electron chi connectivity index (χ2n) is 5.84. The van der Waals surface area contributed by atoms with E-state index in [1.54, 1.807) is 24.3 Å². The molecule has 0 fully saturated rings. The van der Waals surface area contributed by atoms with Gasteiger partial charge >= 0.3 is 5.69 Å². The lowest BCUT2D eigenvalue weighted by molar-refractivity contribution is -0.385. The van der Waals surface area contributed by atoms with Crippen molar-refractivity contribution in [2.75, 3.05) is 0 Å². The molecule has 3 aromatic rings. The van der Waals surface area contributed by atoms with Crippen molar-refractivity contribution in [2.45, 2.75) is 30.6 Å². The minimum atomic E-state index is -0.493. The van der Waals surface area contributed by atoms with E-state index in [9.17, 15) is 10.1 Å². The molecule has 152 valence electrons. The van der Waals surface area contributed by atoms with Crippen LogP contribution >= 0.6 is 35.0 Å². The second-order valence-corrected chi connectivity index (χ2v) is 7.60. The van der Waals surface area contributed by atoms with Gasteiger partial charge in [-0.3, -0.25) is 19.4 Å². The third-order valence-electron chi connectivity index (χ3n) is 3.77. The first-order valence-electron chi connectivity index (χ1n) is 8.34. The highest BCUT2D eigenvalue weighted by atomic mass is 35.5. The molecule has 9 nitrogen and oxygen atoms in total. The molecule has 0 aliphatic rings. The highest BCUT2D eigenvalue weighted by Gasteiger charge is 2.20. The molecule has 0 spiro atoms. The Morgan fingerprint density at radius 2 is 2.21 bits per heavy atom. The fourth-order valence-electron chi connectivity index (χ4n) is 2.46. The molecular formula is C17H16Cl2N6O3S. The summed E-state index contributed by atoms with van der Waals surface area (Å²) in [4.78, 5) is 10.3. The largest absolute Gasteiger partial charge is 0.481 e. The van der Waals surface area contributed by atoms with Gasteiger partial charge in [-0.15, -0.1) is 16.8 Å². The summed E-state index contributed by atoms with van der Waals surface area (Å²) in [5, 5.41) is 24.7. The van der Waals surface area contributed by atoms with Crippen molar-refractivity contribution >= 4 is 40.7 Å². The van der Waals surface area contributed by atoms with Crippen LogP contribution in [0, 0.1) is 10.1 Å². The highest BCUT2D eigenvalue weighted by molar-refractivity contribution is 7.98. The topological polar surface area (TPSA) is 101 Å². The quantitative estimate of drug-likeness (QED) is 0.198. The number of hydrogen-bond donors (Lipinski definition) is 0. The SMILES string of the molecule is C=CCn1c(SCn2cc([N+](=O)[O-])cn2)nnc1C(C)Oc1ccc(Cl)cc1Cl. The van der Waals surface area contributed by atoms with Gasteiger partial charge in [-0.2, -0.15) is 5.10 Å². The number of benzene rings is 1. The van der Waals surface area contributed by atoms with E-state index >= 15 is 0 Å². The summed E-state index contributed by atoms with van der Waals surface area (Å²) in [7, 11) is 0. The monoisotopic (exact) mass is 454 g/mol. The molecule has 0 radical (unpaired) electrons. The van der Waals surface area contributed by atoms with Gasteiger partial charge < -0.3 is 4.74 Å². The summed E-state index contributed by atoms with van der Waals surface area (Å²) >= 11 is 13.4. The molecule has 0 aliphatic carbocycles. The molecule has 2 aromatic heterocycles. The average Bonchev–Trinajstić information content (AvgIpc) is 3.30. The molecule has 0 saturated heterocycles. The molecule has 1 aromatic carbocycles. The number of thioether (sulfide) groups is 1. The average molecular weight is 455 g/mol. The Morgan fingerprint density at radius 1 is 1.41 bits per heavy atom. The van der Waals surface area contributed by atoms with Crippen molar-refractivity contribution in [3.63, 3.8) is 0 Å². The predicted octanol–water partition coefficient (Wildman–Crippen LogP) is 4.77. The first-order valence-corrected chi connectivity index (χ1v) is 10.1. The maximum Gasteiger partial charge on any atom is 0.307 e. The molecule has 0 bridgehead atoms. The van der Waals surface area contributed by atoms with Crippen molar-refractivity contribution in [2.24, 2.45) is 0 Å². The molecule has 0 saturated carbocycles. The van der Waals surface area contributed by atoms with Gasteiger partial charge in [0.05, 0.1) is 15.8 Å². The maximum absolute atomic E-state index is 10.8. The van der Waals surface area contributed by atoms with E-state index in [-0.39, 0.29) is 5.69 Å². The lowest BCUT2D eigenvalue weighted by atomic mass is 10.3. The van der Waals surface area contributed by atoms with E-state index in [0.29, 0.717) is 39.2 Å². The maximum atomic E-state index is 10.8. The molecule has 2 heterocycles. The van der Waals surface area contributed by atoms with Crippen molar-refractivity contribution in [3.05, 3.63) is 69.2 Å². The minimum absolute atomic E-state index is 0.0688. The lowest BCUT2D eigenvalue weighted by Crippen LogP contribution is -2.12. The summed E-state index contributed by atoms with van der Waals surface area (Å²) in [6, 6.07) is 4.98. The van der Waals surface area contributed by atoms with Crippen LogP contribution in [-0.2, 0) is 12.4 Å². The summed E-state index contributed by atoms with van der Waals surface area (Å²) < 4.78 is 9.24. The molecular weight excluding hydrogens is 439 g/mol. The zero-order valence-corrected chi connectivity index (χ0v) is 17.6. The molecule has 0 aliphatic heterocycles. The smallest absolute Gasteiger partial charge is 0.307 e. The highest BCUT2D eigenvalue weighted by Crippen LogP contribution is 2.32. The van der Waals surface area contributed by atoms with Crippen LogP contribution in [0.15, 0.2) is 48.4 Å². The number of hydrogen-bond acceptors (Lipinski definition) is 7. The van der Waals surface area contributed by atoms with E-state index in [4.69, 9.17) is 27.9 Å². The Morgan fingerprint density at radius 3 is 2.86 bits per heavy atom. The number of rotatable bonds is 9. The molecule has 29 heavy (non-hydrogen) atoms. The van der Waals surface area contributed by atoms with E-state index in [1.165, 1.54) is 28.8 Å². The molecule has 0 amide bonds. The Bertz CT molecular complexity index is 1040. The summed E-state index contributed by atoms with van der Waals surface area (Å²) in [6.45, 7) is 6.07. The number of nitrogens with zero attached hydrogens (tertiary/aromatic N) is 6. The predicted molar refractivity (Wildman–Crippen MR) is 110 cm³/mol. The normalized spacial score (nSPS) is 12.0. The first-order chi connectivity index (χ1) is 13.9.